The van der Waals surface area contributed by atoms with Crippen LogP contribution in [0.25, 0.3) is 0 Å². The lowest BCUT2D eigenvalue weighted by molar-refractivity contribution is -0.123. The fourth-order valence-corrected chi connectivity index (χ4v) is 2.14. The number of aryl methyl sites for hydroxylation is 1. The zero-order valence-corrected chi connectivity index (χ0v) is 13.4. The van der Waals surface area contributed by atoms with Crippen LogP contribution in [0, 0.1) is 12.8 Å². The zero-order valence-electron chi connectivity index (χ0n) is 13.4. The van der Waals surface area contributed by atoms with Crippen LogP contribution in [0.3, 0.4) is 0 Å². The van der Waals surface area contributed by atoms with Crippen LogP contribution in [0.2, 0.25) is 0 Å². The third-order valence-electron chi connectivity index (χ3n) is 3.27. The van der Waals surface area contributed by atoms with Crippen LogP contribution in [0.15, 0.2) is 24.3 Å². The second-order valence-corrected chi connectivity index (χ2v) is 5.76. The smallest absolute Gasteiger partial charge is 0.252 e. The molecule has 21 heavy (non-hydrogen) atoms. The number of hydrogen-bond acceptors (Lipinski definition) is 2. The molecule has 4 nitrogen and oxygen atoms in total. The van der Waals surface area contributed by atoms with Gasteiger partial charge in [-0.25, -0.2) is 0 Å². The lowest BCUT2D eigenvalue weighted by atomic mass is 10.0. The van der Waals surface area contributed by atoms with Crippen molar-refractivity contribution in [2.45, 2.75) is 46.6 Å². The van der Waals surface area contributed by atoms with E-state index in [-0.39, 0.29) is 11.8 Å². The molecule has 0 saturated heterocycles. The van der Waals surface area contributed by atoms with Gasteiger partial charge in [-0.05, 0) is 37.3 Å². The summed E-state index contributed by atoms with van der Waals surface area (Å²) in [7, 11) is 0. The Bertz CT molecular complexity index is 483. The number of nitrogens with one attached hydrogen (secondary N) is 2. The summed E-state index contributed by atoms with van der Waals surface area (Å²) in [6, 6.07) is 6.91. The Balaban J connectivity index is 2.78. The van der Waals surface area contributed by atoms with Gasteiger partial charge in [-0.1, -0.05) is 39.0 Å². The van der Waals surface area contributed by atoms with Crippen LogP contribution < -0.4 is 10.6 Å². The predicted molar refractivity (Wildman–Crippen MR) is 85.2 cm³/mol. The van der Waals surface area contributed by atoms with Gasteiger partial charge < -0.3 is 10.6 Å². The Hall–Kier alpha value is -1.84. The average molecular weight is 290 g/mol. The van der Waals surface area contributed by atoms with E-state index in [9.17, 15) is 9.59 Å². The molecule has 2 amide bonds. The van der Waals surface area contributed by atoms with Crippen LogP contribution in [-0.2, 0) is 4.79 Å². The molecule has 0 aliphatic rings. The maximum Gasteiger partial charge on any atom is 0.252 e. The molecule has 1 aromatic carbocycles. The van der Waals surface area contributed by atoms with Gasteiger partial charge >= 0.3 is 0 Å². The Morgan fingerprint density at radius 1 is 1.19 bits per heavy atom. The van der Waals surface area contributed by atoms with Gasteiger partial charge in [0.15, 0.2) is 0 Å². The maximum atomic E-state index is 12.3. The molecule has 0 radical (unpaired) electrons. The van der Waals surface area contributed by atoms with Crippen LogP contribution >= 0.6 is 0 Å². The molecule has 0 spiro atoms. The minimum absolute atomic E-state index is 0.104. The molecular weight excluding hydrogens is 264 g/mol. The minimum Gasteiger partial charge on any atom is -0.354 e. The summed E-state index contributed by atoms with van der Waals surface area (Å²) in [6.45, 7) is 8.61. The summed E-state index contributed by atoms with van der Waals surface area (Å²) < 4.78 is 0. The first-order valence-corrected chi connectivity index (χ1v) is 7.59. The number of carbonyl (C=O) groups excluding carboxylic acids is 2. The summed E-state index contributed by atoms with van der Waals surface area (Å²) in [5.74, 6) is 0.0393. The third kappa shape index (κ3) is 5.58. The van der Waals surface area contributed by atoms with Crippen LogP contribution in [0.1, 0.15) is 49.5 Å². The molecule has 2 N–H and O–H groups in total. The molecule has 116 valence electrons. The van der Waals surface area contributed by atoms with Crippen molar-refractivity contribution in [3.8, 4) is 0 Å². The average Bonchev–Trinajstić information content (AvgIpc) is 2.43. The van der Waals surface area contributed by atoms with Crippen LogP contribution in [0.5, 0.6) is 0 Å². The van der Waals surface area contributed by atoms with Gasteiger partial charge in [-0.2, -0.15) is 0 Å². The normalized spacial score (nSPS) is 12.0. The summed E-state index contributed by atoms with van der Waals surface area (Å²) >= 11 is 0. The quantitative estimate of drug-likeness (QED) is 0.811. The van der Waals surface area contributed by atoms with Crippen molar-refractivity contribution in [1.82, 2.24) is 10.6 Å². The monoisotopic (exact) mass is 290 g/mol. The largest absolute Gasteiger partial charge is 0.354 e. The van der Waals surface area contributed by atoms with Gasteiger partial charge in [-0.15, -0.1) is 0 Å². The molecule has 0 aliphatic heterocycles. The number of amides is 2. The Morgan fingerprint density at radius 3 is 2.43 bits per heavy atom. The molecule has 0 heterocycles. The Labute approximate surface area is 127 Å². The van der Waals surface area contributed by atoms with E-state index < -0.39 is 6.04 Å². The van der Waals surface area contributed by atoms with Gasteiger partial charge in [0.05, 0.1) is 0 Å². The molecule has 1 atom stereocenters. The summed E-state index contributed by atoms with van der Waals surface area (Å²) in [5.41, 5.74) is 1.53. The first kappa shape index (κ1) is 17.2. The van der Waals surface area contributed by atoms with E-state index in [1.54, 1.807) is 6.07 Å². The van der Waals surface area contributed by atoms with Gasteiger partial charge in [-0.3, -0.25) is 9.59 Å². The van der Waals surface area contributed by atoms with Crippen molar-refractivity contribution >= 4 is 11.8 Å². The fourth-order valence-electron chi connectivity index (χ4n) is 2.14. The lowest BCUT2D eigenvalue weighted by Gasteiger charge is -2.20. The highest BCUT2D eigenvalue weighted by molar-refractivity contribution is 5.98. The van der Waals surface area contributed by atoms with Crippen LogP contribution in [-0.4, -0.2) is 24.4 Å². The molecule has 1 unspecified atom stereocenters. The third-order valence-corrected chi connectivity index (χ3v) is 3.27. The van der Waals surface area contributed by atoms with Gasteiger partial charge in [0.25, 0.3) is 5.91 Å². The fraction of sp³-hybridized carbons (Fsp3) is 0.529. The van der Waals surface area contributed by atoms with E-state index in [2.05, 4.69) is 10.6 Å². The van der Waals surface area contributed by atoms with E-state index in [1.807, 2.05) is 45.9 Å². The summed E-state index contributed by atoms with van der Waals surface area (Å²) in [6.07, 6.45) is 1.51. The lowest BCUT2D eigenvalue weighted by Crippen LogP contribution is -2.47. The number of carbonyl (C=O) groups is 2. The van der Waals surface area contributed by atoms with Gasteiger partial charge in [0.1, 0.15) is 6.04 Å². The molecule has 0 aromatic heterocycles. The predicted octanol–water partition coefficient (Wildman–Crippen LogP) is 2.67. The number of benzene rings is 1. The number of hydrogen-bond donors (Lipinski definition) is 2. The zero-order chi connectivity index (χ0) is 15.8. The molecule has 0 bridgehead atoms. The first-order chi connectivity index (χ1) is 9.95. The maximum absolute atomic E-state index is 12.3. The van der Waals surface area contributed by atoms with Crippen molar-refractivity contribution in [2.75, 3.05) is 6.54 Å². The van der Waals surface area contributed by atoms with E-state index in [0.717, 1.165) is 12.0 Å². The second kappa shape index (κ2) is 8.45. The SMILES string of the molecule is CCCNC(=O)C(CC(C)C)NC(=O)c1ccccc1C. The van der Waals surface area contributed by atoms with Gasteiger partial charge in [0.2, 0.25) is 5.91 Å². The molecular formula is C17H26N2O2. The second-order valence-electron chi connectivity index (χ2n) is 5.76. The van der Waals surface area contributed by atoms with Crippen molar-refractivity contribution in [1.29, 1.82) is 0 Å². The first-order valence-electron chi connectivity index (χ1n) is 7.59. The van der Waals surface area contributed by atoms with Crippen molar-refractivity contribution in [2.24, 2.45) is 5.92 Å². The van der Waals surface area contributed by atoms with E-state index in [4.69, 9.17) is 0 Å². The van der Waals surface area contributed by atoms with Crippen LogP contribution in [0.4, 0.5) is 0 Å². The Morgan fingerprint density at radius 2 is 1.86 bits per heavy atom. The molecule has 0 aliphatic carbocycles. The molecule has 1 aromatic rings. The molecule has 1 rings (SSSR count). The van der Waals surface area contributed by atoms with Crippen molar-refractivity contribution < 1.29 is 9.59 Å². The summed E-state index contributed by atoms with van der Waals surface area (Å²) in [5, 5.41) is 5.72. The van der Waals surface area contributed by atoms with Crippen molar-refractivity contribution in [3.63, 3.8) is 0 Å². The highest BCUT2D eigenvalue weighted by atomic mass is 16.2. The standard InChI is InChI=1S/C17H26N2O2/c1-5-10-18-17(21)15(11-12(2)3)19-16(20)14-9-7-6-8-13(14)4/h6-9,12,15H,5,10-11H2,1-4H3,(H,18,21)(H,19,20). The molecule has 4 heteroatoms. The van der Waals surface area contributed by atoms with E-state index in [0.29, 0.717) is 24.4 Å². The summed E-state index contributed by atoms with van der Waals surface area (Å²) in [4.78, 5) is 24.5. The topological polar surface area (TPSA) is 58.2 Å². The highest BCUT2D eigenvalue weighted by Gasteiger charge is 2.22. The molecule has 0 fully saturated rings. The van der Waals surface area contributed by atoms with E-state index in [1.165, 1.54) is 0 Å². The highest BCUT2D eigenvalue weighted by Crippen LogP contribution is 2.10. The van der Waals surface area contributed by atoms with Crippen molar-refractivity contribution in [3.05, 3.63) is 35.4 Å². The Kier molecular flexibility index (Phi) is 6.92. The minimum atomic E-state index is -0.483. The number of rotatable bonds is 7. The van der Waals surface area contributed by atoms with Gasteiger partial charge in [0, 0.05) is 12.1 Å². The van der Waals surface area contributed by atoms with E-state index >= 15 is 0 Å². The molecule has 0 saturated carbocycles.